The molecule has 1 aromatic carbocycles. The number of pyridine rings is 1. The zero-order chi connectivity index (χ0) is 15.1. The van der Waals surface area contributed by atoms with E-state index in [2.05, 4.69) is 10.3 Å². The van der Waals surface area contributed by atoms with Crippen LogP contribution in [0.3, 0.4) is 0 Å². The van der Waals surface area contributed by atoms with Crippen LogP contribution in [0.15, 0.2) is 42.6 Å². The predicted molar refractivity (Wildman–Crippen MR) is 83.8 cm³/mol. The summed E-state index contributed by atoms with van der Waals surface area (Å²) in [5, 5.41) is 3.48. The molecule has 2 rings (SSSR count). The smallest absolute Gasteiger partial charge is 0.225 e. The molecule has 0 saturated heterocycles. The number of nitrogens with one attached hydrogen (secondary N) is 1. The van der Waals surface area contributed by atoms with Crippen LogP contribution in [0.25, 0.3) is 0 Å². The van der Waals surface area contributed by atoms with Crippen LogP contribution in [-0.2, 0) is 11.2 Å². The van der Waals surface area contributed by atoms with Crippen molar-refractivity contribution in [2.24, 2.45) is 0 Å². The molecule has 110 valence electrons. The molecule has 0 fully saturated rings. The molecule has 1 N–H and O–H groups in total. The number of hydrogen-bond acceptors (Lipinski definition) is 3. The largest absolute Gasteiger partial charge is 0.493 e. The number of ether oxygens (including phenoxy) is 1. The summed E-state index contributed by atoms with van der Waals surface area (Å²) in [6.45, 7) is 0. The number of anilines is 1. The van der Waals surface area contributed by atoms with E-state index >= 15 is 0 Å². The number of carbonyl (C=O) groups excluding carboxylic acids is 1. The van der Waals surface area contributed by atoms with Crippen LogP contribution in [0.4, 0.5) is 5.82 Å². The number of hydrogen-bond donors (Lipinski definition) is 1. The first-order chi connectivity index (χ1) is 10.2. The Balaban J connectivity index is 1.81. The molecule has 0 atom stereocenters. The Hall–Kier alpha value is -2.07. The molecular weight excluding hydrogens is 288 g/mol. The molecule has 0 saturated carbocycles. The molecule has 0 aliphatic rings. The molecule has 21 heavy (non-hydrogen) atoms. The van der Waals surface area contributed by atoms with E-state index in [0.717, 1.165) is 17.9 Å². The fourth-order valence-electron chi connectivity index (χ4n) is 1.95. The summed E-state index contributed by atoms with van der Waals surface area (Å²) >= 11 is 5.83. The second kappa shape index (κ2) is 7.64. The van der Waals surface area contributed by atoms with E-state index in [-0.39, 0.29) is 5.91 Å². The summed E-state index contributed by atoms with van der Waals surface area (Å²) < 4.78 is 5.14. The minimum atomic E-state index is -0.0686. The first kappa shape index (κ1) is 15.3. The number of carbonyl (C=O) groups is 1. The lowest BCUT2D eigenvalue weighted by molar-refractivity contribution is -0.116. The number of halogens is 1. The third kappa shape index (κ3) is 4.76. The van der Waals surface area contributed by atoms with Gasteiger partial charge in [0.05, 0.1) is 7.11 Å². The Labute approximate surface area is 129 Å². The van der Waals surface area contributed by atoms with Gasteiger partial charge in [-0.25, -0.2) is 4.98 Å². The zero-order valence-electron chi connectivity index (χ0n) is 11.8. The van der Waals surface area contributed by atoms with Crippen molar-refractivity contribution in [1.82, 2.24) is 4.98 Å². The van der Waals surface area contributed by atoms with Gasteiger partial charge >= 0.3 is 0 Å². The molecule has 0 bridgehead atoms. The molecule has 0 unspecified atom stereocenters. The first-order valence-corrected chi connectivity index (χ1v) is 7.10. The van der Waals surface area contributed by atoms with Crippen molar-refractivity contribution >= 4 is 23.3 Å². The lowest BCUT2D eigenvalue weighted by atomic mass is 10.1. The Morgan fingerprint density at radius 2 is 2.05 bits per heavy atom. The SMILES string of the molecule is COc1cccnc1NC(=O)CCCc1ccc(Cl)cc1. The van der Waals surface area contributed by atoms with Gasteiger partial charge in [0.1, 0.15) is 0 Å². The molecular formula is C16H17ClN2O2. The molecule has 2 aromatic rings. The van der Waals surface area contributed by atoms with Crippen molar-refractivity contribution in [2.75, 3.05) is 12.4 Å². The van der Waals surface area contributed by atoms with E-state index in [9.17, 15) is 4.79 Å². The molecule has 5 heteroatoms. The van der Waals surface area contributed by atoms with Crippen molar-refractivity contribution in [2.45, 2.75) is 19.3 Å². The average molecular weight is 305 g/mol. The third-order valence-electron chi connectivity index (χ3n) is 3.03. The topological polar surface area (TPSA) is 51.2 Å². The van der Waals surface area contributed by atoms with Gasteiger partial charge in [-0.2, -0.15) is 0 Å². The standard InChI is InChI=1S/C16H17ClN2O2/c1-21-14-5-3-11-18-16(14)19-15(20)6-2-4-12-7-9-13(17)10-8-12/h3,5,7-11H,2,4,6H2,1H3,(H,18,19,20). The number of benzene rings is 1. The Morgan fingerprint density at radius 1 is 1.29 bits per heavy atom. The molecule has 0 radical (unpaired) electrons. The van der Waals surface area contributed by atoms with E-state index < -0.39 is 0 Å². The molecule has 1 amide bonds. The van der Waals surface area contributed by atoms with Gasteiger partial charge in [0.15, 0.2) is 11.6 Å². The molecule has 1 aromatic heterocycles. The predicted octanol–water partition coefficient (Wildman–Crippen LogP) is 3.71. The van der Waals surface area contributed by atoms with Crippen molar-refractivity contribution in [1.29, 1.82) is 0 Å². The van der Waals surface area contributed by atoms with Crippen LogP contribution in [0.5, 0.6) is 5.75 Å². The molecule has 0 aliphatic carbocycles. The molecule has 0 aliphatic heterocycles. The van der Waals surface area contributed by atoms with E-state index in [1.165, 1.54) is 5.56 Å². The summed E-state index contributed by atoms with van der Waals surface area (Å²) in [5.74, 6) is 0.945. The second-order valence-electron chi connectivity index (χ2n) is 4.58. The number of nitrogens with zero attached hydrogens (tertiary/aromatic N) is 1. The minimum absolute atomic E-state index is 0.0686. The van der Waals surface area contributed by atoms with Gasteiger partial charge < -0.3 is 10.1 Å². The Bertz CT molecular complexity index is 599. The quantitative estimate of drug-likeness (QED) is 0.885. The van der Waals surface area contributed by atoms with Gasteiger partial charge in [-0.3, -0.25) is 4.79 Å². The number of rotatable bonds is 6. The summed E-state index contributed by atoms with van der Waals surface area (Å²) in [6.07, 6.45) is 3.65. The van der Waals surface area contributed by atoms with Crippen LogP contribution in [0, 0.1) is 0 Å². The summed E-state index contributed by atoms with van der Waals surface area (Å²) in [7, 11) is 1.55. The monoisotopic (exact) mass is 304 g/mol. The number of amides is 1. The van der Waals surface area contributed by atoms with Crippen molar-refractivity contribution in [3.63, 3.8) is 0 Å². The summed E-state index contributed by atoms with van der Waals surface area (Å²) in [6, 6.07) is 11.2. The van der Waals surface area contributed by atoms with Gasteiger partial charge in [-0.15, -0.1) is 0 Å². The molecule has 1 heterocycles. The highest BCUT2D eigenvalue weighted by molar-refractivity contribution is 6.30. The maximum absolute atomic E-state index is 11.9. The van der Waals surface area contributed by atoms with E-state index in [1.54, 1.807) is 25.4 Å². The van der Waals surface area contributed by atoms with Gasteiger partial charge in [0.25, 0.3) is 0 Å². The van der Waals surface area contributed by atoms with Crippen molar-refractivity contribution < 1.29 is 9.53 Å². The van der Waals surface area contributed by atoms with E-state index in [4.69, 9.17) is 16.3 Å². The minimum Gasteiger partial charge on any atom is -0.493 e. The highest BCUT2D eigenvalue weighted by Crippen LogP contribution is 2.20. The molecule has 4 nitrogen and oxygen atoms in total. The lowest BCUT2D eigenvalue weighted by Crippen LogP contribution is -2.13. The third-order valence-corrected chi connectivity index (χ3v) is 3.28. The molecule has 0 spiro atoms. The highest BCUT2D eigenvalue weighted by atomic mass is 35.5. The van der Waals surface area contributed by atoms with E-state index in [0.29, 0.717) is 18.0 Å². The van der Waals surface area contributed by atoms with Crippen LogP contribution in [0.2, 0.25) is 5.02 Å². The summed E-state index contributed by atoms with van der Waals surface area (Å²) in [4.78, 5) is 16.0. The van der Waals surface area contributed by atoms with Gasteiger partial charge in [0, 0.05) is 17.6 Å². The second-order valence-corrected chi connectivity index (χ2v) is 5.02. The first-order valence-electron chi connectivity index (χ1n) is 6.72. The number of aryl methyl sites for hydroxylation is 1. The van der Waals surface area contributed by atoms with Gasteiger partial charge in [-0.05, 0) is 42.7 Å². The lowest BCUT2D eigenvalue weighted by Gasteiger charge is -2.08. The van der Waals surface area contributed by atoms with Crippen LogP contribution >= 0.6 is 11.6 Å². The van der Waals surface area contributed by atoms with Crippen molar-refractivity contribution in [3.8, 4) is 5.75 Å². The van der Waals surface area contributed by atoms with Crippen LogP contribution in [0.1, 0.15) is 18.4 Å². The van der Waals surface area contributed by atoms with Gasteiger partial charge in [0.2, 0.25) is 5.91 Å². The fourth-order valence-corrected chi connectivity index (χ4v) is 2.07. The average Bonchev–Trinajstić information content (AvgIpc) is 2.50. The van der Waals surface area contributed by atoms with Crippen molar-refractivity contribution in [3.05, 3.63) is 53.2 Å². The maximum atomic E-state index is 11.9. The van der Waals surface area contributed by atoms with E-state index in [1.807, 2.05) is 24.3 Å². The number of methoxy groups -OCH3 is 1. The normalized spacial score (nSPS) is 10.2. The van der Waals surface area contributed by atoms with Crippen LogP contribution in [-0.4, -0.2) is 18.0 Å². The fraction of sp³-hybridized carbons (Fsp3) is 0.250. The highest BCUT2D eigenvalue weighted by Gasteiger charge is 2.08. The maximum Gasteiger partial charge on any atom is 0.225 e. The Morgan fingerprint density at radius 3 is 2.76 bits per heavy atom. The van der Waals surface area contributed by atoms with Crippen LogP contribution < -0.4 is 10.1 Å². The zero-order valence-corrected chi connectivity index (χ0v) is 12.6. The van der Waals surface area contributed by atoms with Gasteiger partial charge in [-0.1, -0.05) is 23.7 Å². The number of aromatic nitrogens is 1. The Kier molecular flexibility index (Phi) is 5.58. The summed E-state index contributed by atoms with van der Waals surface area (Å²) in [5.41, 5.74) is 1.17.